The number of aromatic amines is 1. The van der Waals surface area contributed by atoms with E-state index < -0.39 is 0 Å². The molecule has 3 N–H and O–H groups in total. The van der Waals surface area contributed by atoms with Crippen LogP contribution in [0, 0.1) is 11.3 Å². The topological polar surface area (TPSA) is 91.4 Å². The Bertz CT molecular complexity index is 834. The molecular weight excluding hydrogens is 286 g/mol. The van der Waals surface area contributed by atoms with Gasteiger partial charge in [0.15, 0.2) is 0 Å². The maximum Gasteiger partial charge on any atom is 0.142 e. The van der Waals surface area contributed by atoms with Crippen LogP contribution >= 0.6 is 11.6 Å². The molecule has 0 aliphatic heterocycles. The van der Waals surface area contributed by atoms with Crippen LogP contribution in [0.1, 0.15) is 5.56 Å². The third-order valence-corrected chi connectivity index (χ3v) is 3.29. The summed E-state index contributed by atoms with van der Waals surface area (Å²) in [5.74, 6) is 0.174. The van der Waals surface area contributed by atoms with Crippen molar-refractivity contribution in [3.05, 3.63) is 53.4 Å². The first-order valence-electron chi connectivity index (χ1n) is 6.15. The molecule has 0 radical (unpaired) electrons. The number of anilines is 1. The summed E-state index contributed by atoms with van der Waals surface area (Å²) < 4.78 is 0. The Morgan fingerprint density at radius 2 is 2.10 bits per heavy atom. The average Bonchev–Trinajstić information content (AvgIpc) is 3.00. The van der Waals surface area contributed by atoms with Crippen LogP contribution in [-0.2, 0) is 0 Å². The van der Waals surface area contributed by atoms with Crippen molar-refractivity contribution in [2.45, 2.75) is 0 Å². The van der Waals surface area contributed by atoms with Gasteiger partial charge in [-0.1, -0.05) is 23.7 Å². The van der Waals surface area contributed by atoms with Crippen molar-refractivity contribution in [2.75, 3.05) is 5.73 Å². The van der Waals surface area contributed by atoms with Gasteiger partial charge in [0.2, 0.25) is 0 Å². The maximum atomic E-state index is 9.27. The van der Waals surface area contributed by atoms with Crippen LogP contribution in [0.5, 0.6) is 0 Å². The molecule has 0 aliphatic carbocycles. The van der Waals surface area contributed by atoms with Crippen LogP contribution in [0.25, 0.3) is 22.5 Å². The summed E-state index contributed by atoms with van der Waals surface area (Å²) in [6.07, 6.45) is 3.25. The molecule has 6 heteroatoms. The fourth-order valence-electron chi connectivity index (χ4n) is 2.09. The number of halogens is 1. The summed E-state index contributed by atoms with van der Waals surface area (Å²) in [5.41, 5.74) is 8.98. The number of rotatable bonds is 2. The van der Waals surface area contributed by atoms with Gasteiger partial charge < -0.3 is 10.7 Å². The average molecular weight is 296 g/mol. The number of imidazole rings is 1. The number of nitrogen functional groups attached to an aromatic ring is 1. The Labute approximate surface area is 126 Å². The molecule has 0 bridgehead atoms. The van der Waals surface area contributed by atoms with Crippen molar-refractivity contribution < 1.29 is 0 Å². The molecule has 0 saturated heterocycles. The third-order valence-electron chi connectivity index (χ3n) is 3.05. The summed E-state index contributed by atoms with van der Waals surface area (Å²) in [4.78, 5) is 11.3. The second-order valence-corrected chi connectivity index (χ2v) is 4.83. The molecule has 0 aliphatic rings. The van der Waals surface area contributed by atoms with Gasteiger partial charge in [0, 0.05) is 22.3 Å². The van der Waals surface area contributed by atoms with E-state index in [2.05, 4.69) is 21.0 Å². The highest BCUT2D eigenvalue weighted by atomic mass is 35.5. The highest BCUT2D eigenvalue weighted by Crippen LogP contribution is 2.30. The summed E-state index contributed by atoms with van der Waals surface area (Å²) >= 11 is 6.00. The second kappa shape index (κ2) is 5.27. The normalized spacial score (nSPS) is 10.3. The standard InChI is InChI=1S/C15H10ClN5/c16-10-3-1-2-9(4-10)13-5-11(14-7-19-8-20-14)12(6-17)15(18)21-13/h1-5,7-8H,(H2,18,21)(H,19,20). The molecule has 0 unspecified atom stereocenters. The van der Waals surface area contributed by atoms with Crippen molar-refractivity contribution in [2.24, 2.45) is 0 Å². The predicted octanol–water partition coefficient (Wildman–Crippen LogP) is 3.25. The van der Waals surface area contributed by atoms with Crippen LogP contribution in [0.4, 0.5) is 5.82 Å². The molecule has 21 heavy (non-hydrogen) atoms. The fraction of sp³-hybridized carbons (Fsp3) is 0. The zero-order valence-corrected chi connectivity index (χ0v) is 11.6. The van der Waals surface area contributed by atoms with Gasteiger partial charge in [-0.05, 0) is 18.2 Å². The van der Waals surface area contributed by atoms with Gasteiger partial charge in [0.25, 0.3) is 0 Å². The fourth-order valence-corrected chi connectivity index (χ4v) is 2.28. The van der Waals surface area contributed by atoms with Crippen molar-refractivity contribution >= 4 is 17.4 Å². The summed E-state index contributed by atoms with van der Waals surface area (Å²) in [5, 5.41) is 9.88. The number of benzene rings is 1. The predicted molar refractivity (Wildman–Crippen MR) is 81.4 cm³/mol. The first-order chi connectivity index (χ1) is 10.2. The van der Waals surface area contributed by atoms with Gasteiger partial charge in [0.05, 0.1) is 17.7 Å². The molecule has 102 valence electrons. The van der Waals surface area contributed by atoms with Crippen LogP contribution < -0.4 is 5.73 Å². The molecular formula is C15H10ClN5. The molecule has 0 amide bonds. The van der Waals surface area contributed by atoms with Crippen molar-refractivity contribution in [1.82, 2.24) is 15.0 Å². The summed E-state index contributed by atoms with van der Waals surface area (Å²) in [6.45, 7) is 0. The zero-order valence-electron chi connectivity index (χ0n) is 10.8. The van der Waals surface area contributed by atoms with Crippen LogP contribution in [-0.4, -0.2) is 15.0 Å². The number of nitrogens with zero attached hydrogens (tertiary/aromatic N) is 3. The lowest BCUT2D eigenvalue weighted by Crippen LogP contribution is -1.99. The van der Waals surface area contributed by atoms with Crippen molar-refractivity contribution in [3.8, 4) is 28.6 Å². The second-order valence-electron chi connectivity index (χ2n) is 4.39. The number of H-pyrrole nitrogens is 1. The Balaban J connectivity index is 2.23. The van der Waals surface area contributed by atoms with Gasteiger partial charge >= 0.3 is 0 Å². The van der Waals surface area contributed by atoms with E-state index in [1.165, 1.54) is 0 Å². The van der Waals surface area contributed by atoms with Crippen LogP contribution in [0.15, 0.2) is 42.9 Å². The van der Waals surface area contributed by atoms with Gasteiger partial charge in [-0.3, -0.25) is 0 Å². The Morgan fingerprint density at radius 1 is 1.24 bits per heavy atom. The number of pyridine rings is 1. The van der Waals surface area contributed by atoms with E-state index in [1.807, 2.05) is 12.1 Å². The lowest BCUT2D eigenvalue weighted by atomic mass is 10.0. The third kappa shape index (κ3) is 2.45. The molecule has 0 atom stereocenters. The molecule has 1 aromatic carbocycles. The number of aromatic nitrogens is 3. The van der Waals surface area contributed by atoms with E-state index in [0.29, 0.717) is 27.5 Å². The van der Waals surface area contributed by atoms with E-state index in [1.54, 1.807) is 30.7 Å². The van der Waals surface area contributed by atoms with Crippen molar-refractivity contribution in [1.29, 1.82) is 5.26 Å². The monoisotopic (exact) mass is 295 g/mol. The zero-order chi connectivity index (χ0) is 14.8. The van der Waals surface area contributed by atoms with Crippen LogP contribution in [0.3, 0.4) is 0 Å². The van der Waals surface area contributed by atoms with Gasteiger partial charge in [0.1, 0.15) is 17.5 Å². The van der Waals surface area contributed by atoms with Gasteiger partial charge in [-0.2, -0.15) is 5.26 Å². The Hall–Kier alpha value is -2.84. The SMILES string of the molecule is N#Cc1c(-c2c[nH]cn2)cc(-c2cccc(Cl)c2)nc1N. The minimum absolute atomic E-state index is 0.174. The molecule has 0 spiro atoms. The molecule has 0 saturated carbocycles. The maximum absolute atomic E-state index is 9.27. The number of nitrogens with two attached hydrogens (primary N) is 1. The lowest BCUT2D eigenvalue weighted by molar-refractivity contribution is 1.29. The highest BCUT2D eigenvalue weighted by molar-refractivity contribution is 6.30. The highest BCUT2D eigenvalue weighted by Gasteiger charge is 2.14. The molecule has 3 aromatic rings. The van der Waals surface area contributed by atoms with Gasteiger partial charge in [-0.15, -0.1) is 0 Å². The molecule has 5 nitrogen and oxygen atoms in total. The lowest BCUT2D eigenvalue weighted by Gasteiger charge is -2.08. The number of hydrogen-bond donors (Lipinski definition) is 2. The first kappa shape index (κ1) is 13.2. The molecule has 3 rings (SSSR count). The largest absolute Gasteiger partial charge is 0.383 e. The minimum Gasteiger partial charge on any atom is -0.383 e. The summed E-state index contributed by atoms with van der Waals surface area (Å²) in [6, 6.07) is 11.2. The van der Waals surface area contributed by atoms with E-state index in [0.717, 1.165) is 5.56 Å². The van der Waals surface area contributed by atoms with E-state index in [9.17, 15) is 5.26 Å². The molecule has 2 aromatic heterocycles. The van der Waals surface area contributed by atoms with Crippen LogP contribution in [0.2, 0.25) is 5.02 Å². The van der Waals surface area contributed by atoms with E-state index in [-0.39, 0.29) is 5.82 Å². The van der Waals surface area contributed by atoms with Crippen molar-refractivity contribution in [3.63, 3.8) is 0 Å². The van der Waals surface area contributed by atoms with Gasteiger partial charge in [-0.25, -0.2) is 9.97 Å². The quantitative estimate of drug-likeness (QED) is 0.759. The smallest absolute Gasteiger partial charge is 0.142 e. The Morgan fingerprint density at radius 3 is 2.76 bits per heavy atom. The van der Waals surface area contributed by atoms with E-state index in [4.69, 9.17) is 17.3 Å². The Kier molecular flexibility index (Phi) is 3.30. The number of nitriles is 1. The summed E-state index contributed by atoms with van der Waals surface area (Å²) in [7, 11) is 0. The minimum atomic E-state index is 0.174. The molecule has 2 heterocycles. The first-order valence-corrected chi connectivity index (χ1v) is 6.52. The number of hydrogen-bond acceptors (Lipinski definition) is 4. The van der Waals surface area contributed by atoms with E-state index >= 15 is 0 Å². The number of nitrogens with one attached hydrogen (secondary N) is 1. The molecule has 0 fully saturated rings.